The van der Waals surface area contributed by atoms with Gasteiger partial charge in [-0.25, -0.2) is 0 Å². The van der Waals surface area contributed by atoms with Gasteiger partial charge in [-0.1, -0.05) is 229 Å². The van der Waals surface area contributed by atoms with E-state index in [0.717, 1.165) is 44.9 Å². The third-order valence-corrected chi connectivity index (χ3v) is 17.3. The molecule has 19 nitrogen and oxygen atoms in total. The van der Waals surface area contributed by atoms with Crippen LogP contribution < -0.4 is 5.32 Å². The molecule has 3 aliphatic rings. The Bertz CT molecular complexity index is 1790. The number of unbranched alkanes of at least 4 members (excludes halogenated alkanes) is 31. The highest BCUT2D eigenvalue weighted by molar-refractivity contribution is 5.76. The summed E-state index contributed by atoms with van der Waals surface area (Å²) in [7, 11) is 0. The first-order chi connectivity index (χ1) is 42.8. The topological polar surface area (TPSA) is 307 Å². The first kappa shape index (κ1) is 80.0. The molecule has 12 N–H and O–H groups in total. The van der Waals surface area contributed by atoms with Gasteiger partial charge in [-0.15, -0.1) is 0 Å². The molecule has 0 bridgehead atoms. The lowest BCUT2D eigenvalue weighted by Crippen LogP contribution is -2.66. The van der Waals surface area contributed by atoms with Crippen LogP contribution in [0.4, 0.5) is 0 Å². The van der Waals surface area contributed by atoms with Gasteiger partial charge in [0, 0.05) is 6.42 Å². The van der Waals surface area contributed by atoms with Crippen molar-refractivity contribution in [3.05, 3.63) is 48.6 Å². The molecule has 3 heterocycles. The van der Waals surface area contributed by atoms with Gasteiger partial charge in [-0.3, -0.25) is 4.79 Å². The molecule has 3 fully saturated rings. The van der Waals surface area contributed by atoms with Gasteiger partial charge in [0.15, 0.2) is 18.9 Å². The zero-order valence-corrected chi connectivity index (χ0v) is 54.2. The molecule has 3 aliphatic heterocycles. The normalized spacial score (nSPS) is 28.7. The number of aliphatic hydroxyl groups excluding tert-OH is 11. The maximum absolute atomic E-state index is 13.4. The highest BCUT2D eigenvalue weighted by Gasteiger charge is 2.53. The summed E-state index contributed by atoms with van der Waals surface area (Å²) in [5, 5.41) is 120. The van der Waals surface area contributed by atoms with Gasteiger partial charge in [0.2, 0.25) is 5.91 Å². The van der Waals surface area contributed by atoms with Crippen molar-refractivity contribution in [1.82, 2.24) is 5.32 Å². The number of carbonyl (C=O) groups excluding carboxylic acids is 1. The van der Waals surface area contributed by atoms with E-state index in [0.29, 0.717) is 12.8 Å². The number of amides is 1. The first-order valence-corrected chi connectivity index (χ1v) is 34.9. The SMILES string of the molecule is CCCCCCC/C=C\C/C=C\CCCCCCCCCCCCCCCC(=O)NC(COC1OC(CO)C(OC2OC(CO)C(OC3OC(CO)C(O)C(O)C3O)C(O)C2O)C(O)C1O)C(O)/C=C/CC/C=C/CCCCCCCCCCCCCC. The molecule has 514 valence electrons. The third-order valence-electron chi connectivity index (χ3n) is 17.3. The largest absolute Gasteiger partial charge is 0.394 e. The molecule has 0 aromatic carbocycles. The fourth-order valence-electron chi connectivity index (χ4n) is 11.6. The number of aliphatic hydroxyl groups is 11. The Labute approximate surface area is 529 Å². The summed E-state index contributed by atoms with van der Waals surface area (Å²) >= 11 is 0. The highest BCUT2D eigenvalue weighted by atomic mass is 16.8. The lowest BCUT2D eigenvalue weighted by molar-refractivity contribution is -0.379. The average molecular weight is 1260 g/mol. The molecule has 17 atom stereocenters. The number of ether oxygens (including phenoxy) is 6. The fourth-order valence-corrected chi connectivity index (χ4v) is 11.6. The van der Waals surface area contributed by atoms with E-state index in [1.807, 2.05) is 6.08 Å². The van der Waals surface area contributed by atoms with Crippen molar-refractivity contribution < 1.29 is 89.4 Å². The first-order valence-electron chi connectivity index (χ1n) is 34.9. The van der Waals surface area contributed by atoms with Crippen LogP contribution in [0.15, 0.2) is 48.6 Å². The highest BCUT2D eigenvalue weighted by Crippen LogP contribution is 2.33. The van der Waals surface area contributed by atoms with E-state index < -0.39 is 124 Å². The zero-order chi connectivity index (χ0) is 64.0. The maximum Gasteiger partial charge on any atom is 0.220 e. The van der Waals surface area contributed by atoms with Crippen LogP contribution in [0.2, 0.25) is 0 Å². The van der Waals surface area contributed by atoms with Crippen molar-refractivity contribution in [3.63, 3.8) is 0 Å². The number of hydrogen-bond donors (Lipinski definition) is 12. The lowest BCUT2D eigenvalue weighted by Gasteiger charge is -2.48. The van der Waals surface area contributed by atoms with Crippen molar-refractivity contribution in [1.29, 1.82) is 0 Å². The van der Waals surface area contributed by atoms with Crippen LogP contribution in [-0.2, 0) is 33.2 Å². The smallest absolute Gasteiger partial charge is 0.220 e. The van der Waals surface area contributed by atoms with Gasteiger partial charge in [0.1, 0.15) is 73.2 Å². The summed E-state index contributed by atoms with van der Waals surface area (Å²) in [5.74, 6) is -0.285. The van der Waals surface area contributed by atoms with E-state index in [4.69, 9.17) is 28.4 Å². The molecule has 0 saturated carbocycles. The number of nitrogens with one attached hydrogen (secondary N) is 1. The van der Waals surface area contributed by atoms with E-state index in [1.54, 1.807) is 6.08 Å². The second-order valence-corrected chi connectivity index (χ2v) is 25.0. The molecule has 1 amide bonds. The molecule has 3 saturated heterocycles. The van der Waals surface area contributed by atoms with Crippen molar-refractivity contribution in [2.45, 2.75) is 356 Å². The van der Waals surface area contributed by atoms with Crippen molar-refractivity contribution in [3.8, 4) is 0 Å². The van der Waals surface area contributed by atoms with Crippen LogP contribution in [-0.4, -0.2) is 193 Å². The van der Waals surface area contributed by atoms with Crippen molar-refractivity contribution in [2.24, 2.45) is 0 Å². The molecule has 0 aliphatic carbocycles. The summed E-state index contributed by atoms with van der Waals surface area (Å²) in [4.78, 5) is 13.4. The quantitative estimate of drug-likeness (QED) is 0.0200. The van der Waals surface area contributed by atoms with E-state index in [-0.39, 0.29) is 18.9 Å². The number of carbonyl (C=O) groups is 1. The number of allylic oxidation sites excluding steroid dienone is 7. The Balaban J connectivity index is 1.44. The van der Waals surface area contributed by atoms with Gasteiger partial charge < -0.3 is 89.9 Å². The Kier molecular flexibility index (Phi) is 46.5. The van der Waals surface area contributed by atoms with E-state index >= 15 is 0 Å². The zero-order valence-electron chi connectivity index (χ0n) is 54.2. The van der Waals surface area contributed by atoms with Crippen LogP contribution >= 0.6 is 0 Å². The minimum atomic E-state index is -1.98. The molecular formula is C69H125NO18. The number of hydrogen-bond acceptors (Lipinski definition) is 18. The van der Waals surface area contributed by atoms with E-state index in [9.17, 15) is 61.0 Å². The Hall–Kier alpha value is -2.25. The van der Waals surface area contributed by atoms with E-state index in [2.05, 4.69) is 55.6 Å². The molecule has 3 rings (SSSR count). The Morgan fingerprint density at radius 3 is 1.20 bits per heavy atom. The second kappa shape index (κ2) is 51.2. The van der Waals surface area contributed by atoms with Gasteiger partial charge in [0.25, 0.3) is 0 Å². The molecule has 0 aromatic heterocycles. The Morgan fingerprint density at radius 1 is 0.409 bits per heavy atom. The van der Waals surface area contributed by atoms with Crippen LogP contribution in [0.1, 0.15) is 251 Å². The Morgan fingerprint density at radius 2 is 0.761 bits per heavy atom. The predicted octanol–water partition coefficient (Wildman–Crippen LogP) is 9.00. The summed E-state index contributed by atoms with van der Waals surface area (Å²) in [5.41, 5.74) is 0. The third kappa shape index (κ3) is 33.0. The molecule has 0 aromatic rings. The predicted molar refractivity (Wildman–Crippen MR) is 342 cm³/mol. The van der Waals surface area contributed by atoms with Gasteiger partial charge in [-0.2, -0.15) is 0 Å². The summed E-state index contributed by atoms with van der Waals surface area (Å²) in [6.07, 6.45) is 33.7. The minimum Gasteiger partial charge on any atom is -0.394 e. The molecule has 88 heavy (non-hydrogen) atoms. The number of rotatable bonds is 53. The van der Waals surface area contributed by atoms with Crippen molar-refractivity contribution in [2.75, 3.05) is 26.4 Å². The molecule has 17 unspecified atom stereocenters. The standard InChI is InChI=1S/C69H125NO18/c1-3-5-7-9-11-13-15-17-19-21-23-24-25-26-27-28-29-31-33-35-37-39-41-43-45-47-57(75)70-52(53(74)46-44-42-40-38-36-34-32-30-22-20-18-16-14-12-10-8-6-4-2)51-83-67-63(81)60(78)65(55(49-72)85-67)88-69-64(82)61(79)66(56(50-73)86-69)87-68-62(80)59(77)58(76)54(48-71)84-68/h15,17,21,23,36,38,44,46,52-56,58-69,71-74,76-82H,3-14,16,18-20,22,24-35,37,39-43,45,47-51H2,1-2H3,(H,70,75)/b17-15-,23-21-,38-36+,46-44+. The minimum absolute atomic E-state index is 0.234. The van der Waals surface area contributed by atoms with Crippen LogP contribution in [0.5, 0.6) is 0 Å². The van der Waals surface area contributed by atoms with Crippen LogP contribution in [0, 0.1) is 0 Å². The van der Waals surface area contributed by atoms with Gasteiger partial charge in [0.05, 0.1) is 38.6 Å². The van der Waals surface area contributed by atoms with E-state index in [1.165, 1.54) is 173 Å². The molecule has 0 spiro atoms. The summed E-state index contributed by atoms with van der Waals surface area (Å²) in [6, 6.07) is -0.991. The fraction of sp³-hybridized carbons (Fsp3) is 0.870. The maximum atomic E-state index is 13.4. The summed E-state index contributed by atoms with van der Waals surface area (Å²) in [6.45, 7) is 1.72. The lowest BCUT2D eigenvalue weighted by atomic mass is 9.96. The van der Waals surface area contributed by atoms with Crippen molar-refractivity contribution >= 4 is 5.91 Å². The van der Waals surface area contributed by atoms with Crippen LogP contribution in [0.25, 0.3) is 0 Å². The average Bonchev–Trinajstić information content (AvgIpc) is 3.70. The van der Waals surface area contributed by atoms with Gasteiger partial charge >= 0.3 is 0 Å². The van der Waals surface area contributed by atoms with Gasteiger partial charge in [-0.05, 0) is 64.2 Å². The monoisotopic (exact) mass is 1260 g/mol. The van der Waals surface area contributed by atoms with Crippen LogP contribution in [0.3, 0.4) is 0 Å². The summed E-state index contributed by atoms with van der Waals surface area (Å²) < 4.78 is 34.3. The molecular weight excluding hydrogens is 1130 g/mol. The molecule has 0 radical (unpaired) electrons. The molecule has 19 heteroatoms. The second-order valence-electron chi connectivity index (χ2n) is 25.0.